The number of carboxylic acids is 1. The monoisotopic (exact) mass is 293 g/mol. The van der Waals surface area contributed by atoms with Crippen LogP contribution in [0.2, 0.25) is 0 Å². The van der Waals surface area contributed by atoms with Gasteiger partial charge in [-0.05, 0) is 18.6 Å². The Kier molecular flexibility index (Phi) is 4.57. The van der Waals surface area contributed by atoms with Crippen molar-refractivity contribution in [2.75, 3.05) is 7.11 Å². The number of hydrogen-bond donors (Lipinski definition) is 1. The molecular formula is C14H15NO4S. The fourth-order valence-electron chi connectivity index (χ4n) is 1.70. The summed E-state index contributed by atoms with van der Waals surface area (Å²) in [6, 6.07) is 7.24. The van der Waals surface area contributed by atoms with E-state index in [1.165, 1.54) is 11.3 Å². The molecule has 2 aromatic rings. The van der Waals surface area contributed by atoms with Gasteiger partial charge in [0, 0.05) is 10.9 Å². The molecule has 1 N–H and O–H groups in total. The number of hydrogen-bond acceptors (Lipinski definition) is 5. The van der Waals surface area contributed by atoms with Gasteiger partial charge in [0.05, 0.1) is 7.11 Å². The highest BCUT2D eigenvalue weighted by molar-refractivity contribution is 7.11. The zero-order valence-electron chi connectivity index (χ0n) is 11.3. The second-order valence-electron chi connectivity index (χ2n) is 4.01. The van der Waals surface area contributed by atoms with Gasteiger partial charge >= 0.3 is 5.97 Å². The molecule has 106 valence electrons. The SMILES string of the molecule is CCc1sc(COc2cccc(OC)c2)nc1C(=O)O. The minimum Gasteiger partial charge on any atom is -0.497 e. The Bertz CT molecular complexity index is 609. The van der Waals surface area contributed by atoms with Gasteiger partial charge in [-0.1, -0.05) is 13.0 Å². The molecule has 0 aliphatic heterocycles. The smallest absolute Gasteiger partial charge is 0.355 e. The molecule has 0 saturated carbocycles. The number of nitrogens with zero attached hydrogens (tertiary/aromatic N) is 1. The summed E-state index contributed by atoms with van der Waals surface area (Å²) in [5.74, 6) is 0.377. The van der Waals surface area contributed by atoms with Crippen LogP contribution in [0.25, 0.3) is 0 Å². The highest BCUT2D eigenvalue weighted by Gasteiger charge is 2.16. The molecule has 0 fully saturated rings. The summed E-state index contributed by atoms with van der Waals surface area (Å²) < 4.78 is 10.7. The fraction of sp³-hybridized carbons (Fsp3) is 0.286. The Labute approximate surface area is 120 Å². The Morgan fingerprint density at radius 3 is 2.75 bits per heavy atom. The van der Waals surface area contributed by atoms with Crippen LogP contribution in [0.3, 0.4) is 0 Å². The van der Waals surface area contributed by atoms with Crippen molar-refractivity contribution in [1.82, 2.24) is 4.98 Å². The van der Waals surface area contributed by atoms with Crippen LogP contribution in [0.15, 0.2) is 24.3 Å². The third-order valence-corrected chi connectivity index (χ3v) is 3.84. The molecule has 0 unspecified atom stereocenters. The van der Waals surface area contributed by atoms with Crippen molar-refractivity contribution in [2.45, 2.75) is 20.0 Å². The largest absolute Gasteiger partial charge is 0.497 e. The first-order valence-electron chi connectivity index (χ1n) is 6.12. The van der Waals surface area contributed by atoms with Crippen LogP contribution >= 0.6 is 11.3 Å². The van der Waals surface area contributed by atoms with E-state index in [0.29, 0.717) is 22.9 Å². The summed E-state index contributed by atoms with van der Waals surface area (Å²) in [6.07, 6.45) is 0.651. The summed E-state index contributed by atoms with van der Waals surface area (Å²) in [5, 5.41) is 9.71. The van der Waals surface area contributed by atoms with Crippen LogP contribution in [0.4, 0.5) is 0 Å². The number of benzene rings is 1. The van der Waals surface area contributed by atoms with Gasteiger partial charge in [-0.3, -0.25) is 0 Å². The van der Waals surface area contributed by atoms with Crippen LogP contribution in [0.1, 0.15) is 27.3 Å². The molecule has 0 aliphatic carbocycles. The number of aromatic carboxylic acids is 1. The predicted molar refractivity (Wildman–Crippen MR) is 75.8 cm³/mol. The normalized spacial score (nSPS) is 10.3. The quantitative estimate of drug-likeness (QED) is 0.886. The topological polar surface area (TPSA) is 68.7 Å². The van der Waals surface area contributed by atoms with Gasteiger partial charge in [0.15, 0.2) is 5.69 Å². The van der Waals surface area contributed by atoms with E-state index < -0.39 is 5.97 Å². The molecular weight excluding hydrogens is 278 g/mol. The number of methoxy groups -OCH3 is 1. The van der Waals surface area contributed by atoms with Crippen LogP contribution in [0.5, 0.6) is 11.5 Å². The molecule has 0 radical (unpaired) electrons. The lowest BCUT2D eigenvalue weighted by Crippen LogP contribution is -2.01. The van der Waals surface area contributed by atoms with Gasteiger partial charge in [-0.2, -0.15) is 0 Å². The van der Waals surface area contributed by atoms with E-state index in [1.54, 1.807) is 13.2 Å². The minimum absolute atomic E-state index is 0.127. The number of carbonyl (C=O) groups is 1. The van der Waals surface area contributed by atoms with Crippen molar-refractivity contribution in [2.24, 2.45) is 0 Å². The van der Waals surface area contributed by atoms with E-state index in [9.17, 15) is 4.79 Å². The zero-order valence-corrected chi connectivity index (χ0v) is 12.1. The number of rotatable bonds is 6. The molecule has 0 amide bonds. The number of aromatic nitrogens is 1. The molecule has 0 bridgehead atoms. The van der Waals surface area contributed by atoms with Crippen molar-refractivity contribution in [3.05, 3.63) is 39.8 Å². The zero-order chi connectivity index (χ0) is 14.5. The summed E-state index contributed by atoms with van der Waals surface area (Å²) in [7, 11) is 1.59. The molecule has 1 aromatic heterocycles. The lowest BCUT2D eigenvalue weighted by Gasteiger charge is -2.05. The molecule has 1 aromatic carbocycles. The molecule has 0 saturated heterocycles. The van der Waals surface area contributed by atoms with Crippen LogP contribution < -0.4 is 9.47 Å². The summed E-state index contributed by atoms with van der Waals surface area (Å²) in [5.41, 5.74) is 0.127. The second kappa shape index (κ2) is 6.38. The van der Waals surface area contributed by atoms with E-state index in [2.05, 4.69) is 4.98 Å². The number of ether oxygens (including phenoxy) is 2. The summed E-state index contributed by atoms with van der Waals surface area (Å²) in [6.45, 7) is 2.16. The van der Waals surface area contributed by atoms with Gasteiger partial charge in [-0.25, -0.2) is 9.78 Å². The molecule has 0 atom stereocenters. The number of aryl methyl sites for hydroxylation is 1. The van der Waals surface area contributed by atoms with Crippen molar-refractivity contribution in [3.8, 4) is 11.5 Å². The van der Waals surface area contributed by atoms with E-state index in [4.69, 9.17) is 14.6 Å². The van der Waals surface area contributed by atoms with Crippen molar-refractivity contribution < 1.29 is 19.4 Å². The van der Waals surface area contributed by atoms with Crippen LogP contribution in [-0.2, 0) is 13.0 Å². The van der Waals surface area contributed by atoms with Gasteiger partial charge in [-0.15, -0.1) is 11.3 Å². The molecule has 0 spiro atoms. The summed E-state index contributed by atoms with van der Waals surface area (Å²) >= 11 is 1.37. The first-order valence-corrected chi connectivity index (χ1v) is 6.94. The maximum Gasteiger partial charge on any atom is 0.355 e. The van der Waals surface area contributed by atoms with Crippen molar-refractivity contribution in [3.63, 3.8) is 0 Å². The molecule has 0 aliphatic rings. The predicted octanol–water partition coefficient (Wildman–Crippen LogP) is 2.99. The second-order valence-corrected chi connectivity index (χ2v) is 5.17. The molecule has 5 nitrogen and oxygen atoms in total. The third kappa shape index (κ3) is 3.27. The highest BCUT2D eigenvalue weighted by Crippen LogP contribution is 2.23. The van der Waals surface area contributed by atoms with Gasteiger partial charge in [0.1, 0.15) is 23.1 Å². The molecule has 6 heteroatoms. The standard InChI is InChI=1S/C14H15NO4S/c1-3-11-13(14(16)17)15-12(20-11)8-19-10-6-4-5-9(7-10)18-2/h4-7H,3,8H2,1-2H3,(H,16,17). The third-order valence-electron chi connectivity index (χ3n) is 2.67. The highest BCUT2D eigenvalue weighted by atomic mass is 32.1. The van der Waals surface area contributed by atoms with Gasteiger partial charge < -0.3 is 14.6 Å². The fourth-order valence-corrected chi connectivity index (χ4v) is 2.62. The lowest BCUT2D eigenvalue weighted by atomic mass is 10.3. The lowest BCUT2D eigenvalue weighted by molar-refractivity contribution is 0.0690. The Morgan fingerprint density at radius 2 is 2.15 bits per heavy atom. The first kappa shape index (κ1) is 14.3. The van der Waals surface area contributed by atoms with Crippen LogP contribution in [-0.4, -0.2) is 23.2 Å². The van der Waals surface area contributed by atoms with E-state index >= 15 is 0 Å². The Balaban J connectivity index is 2.08. The maximum atomic E-state index is 11.0. The van der Waals surface area contributed by atoms with Gasteiger partial charge in [0.2, 0.25) is 0 Å². The molecule has 20 heavy (non-hydrogen) atoms. The Hall–Kier alpha value is -2.08. The molecule has 1 heterocycles. The van der Waals surface area contributed by atoms with Gasteiger partial charge in [0.25, 0.3) is 0 Å². The maximum absolute atomic E-state index is 11.0. The Morgan fingerprint density at radius 1 is 1.40 bits per heavy atom. The van der Waals surface area contributed by atoms with E-state index in [-0.39, 0.29) is 12.3 Å². The summed E-state index contributed by atoms with van der Waals surface area (Å²) in [4.78, 5) is 15.9. The van der Waals surface area contributed by atoms with Crippen molar-refractivity contribution >= 4 is 17.3 Å². The first-order chi connectivity index (χ1) is 9.63. The average Bonchev–Trinajstić information content (AvgIpc) is 2.89. The number of carboxylic acid groups (broad SMARTS) is 1. The van der Waals surface area contributed by atoms with Crippen LogP contribution in [0, 0.1) is 0 Å². The van der Waals surface area contributed by atoms with E-state index in [1.807, 2.05) is 25.1 Å². The van der Waals surface area contributed by atoms with Crippen molar-refractivity contribution in [1.29, 1.82) is 0 Å². The average molecular weight is 293 g/mol. The minimum atomic E-state index is -0.995. The number of thiazole rings is 1. The molecule has 2 rings (SSSR count). The van der Waals surface area contributed by atoms with E-state index in [0.717, 1.165) is 4.88 Å².